The van der Waals surface area contributed by atoms with E-state index >= 15 is 0 Å². The molecule has 5 heterocycles. The van der Waals surface area contributed by atoms with Crippen molar-refractivity contribution in [2.24, 2.45) is 0 Å². The van der Waals surface area contributed by atoms with Crippen LogP contribution in [0.1, 0.15) is 29.0 Å². The van der Waals surface area contributed by atoms with Crippen LogP contribution in [-0.4, -0.2) is 107 Å². The second-order valence-corrected chi connectivity index (χ2v) is 8.99. The highest BCUT2D eigenvalue weighted by molar-refractivity contribution is 5.92. The molecule has 1 amide bonds. The van der Waals surface area contributed by atoms with Crippen LogP contribution in [0.4, 0.5) is 11.6 Å². The summed E-state index contributed by atoms with van der Waals surface area (Å²) in [5.41, 5.74) is 1.20. The van der Waals surface area contributed by atoms with Gasteiger partial charge in [0, 0.05) is 71.7 Å². The third-order valence-electron chi connectivity index (χ3n) is 6.71. The topological polar surface area (TPSA) is 90.8 Å². The smallest absolute Gasteiger partial charge is 0.274 e. The Morgan fingerprint density at radius 3 is 2.15 bits per heavy atom. The molecule has 3 saturated heterocycles. The summed E-state index contributed by atoms with van der Waals surface area (Å²) in [5.74, 6) is 1.72. The lowest BCUT2D eigenvalue weighted by Gasteiger charge is -2.37. The molecule has 3 fully saturated rings. The Bertz CT molecular complexity index is 916. The summed E-state index contributed by atoms with van der Waals surface area (Å²) in [6.07, 6.45) is 5.98. The van der Waals surface area contributed by atoms with Crippen molar-refractivity contribution >= 4 is 17.5 Å². The highest BCUT2D eigenvalue weighted by Gasteiger charge is 2.26. The lowest BCUT2D eigenvalue weighted by Crippen LogP contribution is -2.49. The molecular weight excluding hydrogens is 420 g/mol. The van der Waals surface area contributed by atoms with E-state index in [1.165, 1.54) is 12.8 Å². The zero-order valence-electron chi connectivity index (χ0n) is 19.3. The lowest BCUT2D eigenvalue weighted by molar-refractivity contribution is 0.0712. The summed E-state index contributed by atoms with van der Waals surface area (Å²) in [6.45, 7) is 10.5. The first-order valence-corrected chi connectivity index (χ1v) is 11.9. The minimum Gasteiger partial charge on any atom is -0.377 e. The highest BCUT2D eigenvalue weighted by Crippen LogP contribution is 2.19. The van der Waals surface area contributed by atoms with Crippen LogP contribution in [0.15, 0.2) is 24.5 Å². The molecule has 2 aromatic heterocycles. The van der Waals surface area contributed by atoms with Gasteiger partial charge in [-0.2, -0.15) is 0 Å². The van der Waals surface area contributed by atoms with Gasteiger partial charge in [0.15, 0.2) is 11.6 Å². The number of amides is 1. The van der Waals surface area contributed by atoms with Crippen molar-refractivity contribution < 1.29 is 9.53 Å². The molecule has 0 aliphatic carbocycles. The van der Waals surface area contributed by atoms with Crippen LogP contribution in [0.5, 0.6) is 0 Å². The Kier molecular flexibility index (Phi) is 6.63. The summed E-state index contributed by atoms with van der Waals surface area (Å²) < 4.78 is 5.77. The Morgan fingerprint density at radius 1 is 0.939 bits per heavy atom. The first-order chi connectivity index (χ1) is 16.2. The number of carbonyl (C=O) groups excluding carboxylic acids is 1. The van der Waals surface area contributed by atoms with E-state index in [9.17, 15) is 4.79 Å². The Labute approximate surface area is 194 Å². The molecule has 0 saturated carbocycles. The highest BCUT2D eigenvalue weighted by atomic mass is 16.5. The molecule has 0 radical (unpaired) electrons. The van der Waals surface area contributed by atoms with Gasteiger partial charge in [-0.15, -0.1) is 10.2 Å². The van der Waals surface area contributed by atoms with Gasteiger partial charge in [0.2, 0.25) is 0 Å². The predicted molar refractivity (Wildman–Crippen MR) is 125 cm³/mol. The van der Waals surface area contributed by atoms with Gasteiger partial charge in [0.25, 0.3) is 5.91 Å². The first-order valence-electron chi connectivity index (χ1n) is 11.9. The fourth-order valence-electron chi connectivity index (χ4n) is 4.70. The molecule has 0 spiro atoms. The summed E-state index contributed by atoms with van der Waals surface area (Å²) in [7, 11) is 0. The zero-order valence-corrected chi connectivity index (χ0v) is 19.3. The summed E-state index contributed by atoms with van der Waals surface area (Å²) in [6, 6.07) is 4.11. The van der Waals surface area contributed by atoms with E-state index < -0.39 is 0 Å². The van der Waals surface area contributed by atoms with E-state index in [4.69, 9.17) is 4.74 Å². The molecule has 10 nitrogen and oxygen atoms in total. The minimum absolute atomic E-state index is 0.0674. The maximum absolute atomic E-state index is 12.7. The number of piperazine rings is 2. The largest absolute Gasteiger partial charge is 0.377 e. The Hall–Kier alpha value is -2.85. The number of nitrogens with zero attached hydrogens (tertiary/aromatic N) is 8. The number of hydrogen-bond acceptors (Lipinski definition) is 9. The van der Waals surface area contributed by atoms with Gasteiger partial charge in [0.05, 0.1) is 18.0 Å². The number of aryl methyl sites for hydroxylation is 1. The number of carbonyl (C=O) groups is 1. The van der Waals surface area contributed by atoms with Crippen LogP contribution in [0.2, 0.25) is 0 Å². The fourth-order valence-corrected chi connectivity index (χ4v) is 4.70. The second-order valence-electron chi connectivity index (χ2n) is 8.99. The van der Waals surface area contributed by atoms with Crippen molar-refractivity contribution in [3.63, 3.8) is 0 Å². The van der Waals surface area contributed by atoms with Crippen molar-refractivity contribution in [2.45, 2.75) is 25.9 Å². The number of hydrogen-bond donors (Lipinski definition) is 0. The molecule has 0 N–H and O–H groups in total. The average Bonchev–Trinajstić information content (AvgIpc) is 3.38. The van der Waals surface area contributed by atoms with E-state index in [0.29, 0.717) is 24.9 Å². The molecule has 3 aliphatic heterocycles. The van der Waals surface area contributed by atoms with Gasteiger partial charge in [0.1, 0.15) is 5.69 Å². The lowest BCUT2D eigenvalue weighted by atomic mass is 10.2. The SMILES string of the molecule is Cc1cnc(C(=O)N2CCN(c3ccc(N4CCN(CC5CCCO5)CC4)nn3)CC2)cn1. The van der Waals surface area contributed by atoms with Crippen LogP contribution < -0.4 is 9.80 Å². The van der Waals surface area contributed by atoms with Crippen LogP contribution in [0.25, 0.3) is 0 Å². The molecular formula is C23H32N8O2. The first kappa shape index (κ1) is 22.0. The average molecular weight is 453 g/mol. The van der Waals surface area contributed by atoms with Crippen molar-refractivity contribution in [3.8, 4) is 0 Å². The Balaban J connectivity index is 1.10. The van der Waals surface area contributed by atoms with E-state index in [2.05, 4.69) is 40.9 Å². The quantitative estimate of drug-likeness (QED) is 0.654. The van der Waals surface area contributed by atoms with Gasteiger partial charge < -0.3 is 19.4 Å². The summed E-state index contributed by atoms with van der Waals surface area (Å²) in [5, 5.41) is 9.00. The molecule has 0 bridgehead atoms. The van der Waals surface area contributed by atoms with E-state index in [-0.39, 0.29) is 5.91 Å². The number of aromatic nitrogens is 4. The van der Waals surface area contributed by atoms with Gasteiger partial charge >= 0.3 is 0 Å². The minimum atomic E-state index is -0.0674. The van der Waals surface area contributed by atoms with Crippen LogP contribution in [0, 0.1) is 6.92 Å². The van der Waals surface area contributed by atoms with Gasteiger partial charge in [-0.25, -0.2) is 4.98 Å². The van der Waals surface area contributed by atoms with Crippen molar-refractivity contribution in [1.29, 1.82) is 0 Å². The molecule has 33 heavy (non-hydrogen) atoms. The molecule has 3 aliphatic rings. The van der Waals surface area contributed by atoms with Crippen molar-refractivity contribution in [1.82, 2.24) is 30.0 Å². The number of rotatable bonds is 5. The fraction of sp³-hybridized carbons (Fsp3) is 0.609. The van der Waals surface area contributed by atoms with Crippen LogP contribution in [0.3, 0.4) is 0 Å². The van der Waals surface area contributed by atoms with Crippen molar-refractivity contribution in [2.75, 3.05) is 75.3 Å². The molecule has 10 heteroatoms. The van der Waals surface area contributed by atoms with Crippen molar-refractivity contribution in [3.05, 3.63) is 35.9 Å². The number of ether oxygens (including phenoxy) is 1. The monoisotopic (exact) mass is 452 g/mol. The number of anilines is 2. The molecule has 1 atom stereocenters. The maximum atomic E-state index is 12.7. The van der Waals surface area contributed by atoms with E-state index in [0.717, 1.165) is 69.7 Å². The summed E-state index contributed by atoms with van der Waals surface area (Å²) in [4.78, 5) is 29.9. The molecule has 176 valence electrons. The zero-order chi connectivity index (χ0) is 22.6. The van der Waals surface area contributed by atoms with Crippen LogP contribution in [-0.2, 0) is 4.74 Å². The normalized spacial score (nSPS) is 22.1. The third kappa shape index (κ3) is 5.22. The van der Waals surface area contributed by atoms with E-state index in [1.54, 1.807) is 12.4 Å². The van der Waals surface area contributed by atoms with Crippen LogP contribution >= 0.6 is 0 Å². The second kappa shape index (κ2) is 9.96. The van der Waals surface area contributed by atoms with Gasteiger partial charge in [-0.1, -0.05) is 0 Å². The standard InChI is InChI=1S/C23H32N8O2/c1-18-15-25-20(16-24-18)23(32)31-12-10-30(11-13-31)22-5-4-21(26-27-22)29-8-6-28(7-9-29)17-19-3-2-14-33-19/h4-5,15-16,19H,2-3,6-14,17H2,1H3. The predicted octanol–water partition coefficient (Wildman–Crippen LogP) is 0.838. The third-order valence-corrected chi connectivity index (χ3v) is 6.71. The summed E-state index contributed by atoms with van der Waals surface area (Å²) >= 11 is 0. The Morgan fingerprint density at radius 2 is 1.61 bits per heavy atom. The molecule has 1 unspecified atom stereocenters. The molecule has 0 aromatic carbocycles. The molecule has 2 aromatic rings. The van der Waals surface area contributed by atoms with Gasteiger partial charge in [-0.3, -0.25) is 14.7 Å². The molecule has 5 rings (SSSR count). The van der Waals surface area contributed by atoms with E-state index in [1.807, 2.05) is 17.9 Å². The maximum Gasteiger partial charge on any atom is 0.274 e. The van der Waals surface area contributed by atoms with Gasteiger partial charge in [-0.05, 0) is 31.9 Å².